The van der Waals surface area contributed by atoms with Crippen molar-refractivity contribution >= 4 is 45.4 Å². The fourth-order valence-corrected chi connectivity index (χ4v) is 5.69. The minimum atomic E-state index is -0.731. The molecular formula is C35H29FN6O5. The van der Waals surface area contributed by atoms with Crippen molar-refractivity contribution in [1.82, 2.24) is 24.5 Å². The van der Waals surface area contributed by atoms with Crippen molar-refractivity contribution in [2.45, 2.75) is 45.9 Å². The Morgan fingerprint density at radius 2 is 1.68 bits per heavy atom. The Hall–Kier alpha value is -5.91. The largest absolute Gasteiger partial charge is 0.482 e. The highest BCUT2D eigenvalue weighted by Gasteiger charge is 2.39. The third kappa shape index (κ3) is 5.47. The molecule has 0 radical (unpaired) electrons. The monoisotopic (exact) mass is 632 g/mol. The molecule has 1 atom stereocenters. The first-order valence-electron chi connectivity index (χ1n) is 14.9. The van der Waals surface area contributed by atoms with Gasteiger partial charge in [-0.15, -0.1) is 0 Å². The summed E-state index contributed by atoms with van der Waals surface area (Å²) in [6.07, 6.45) is 4.36. The molecule has 12 heteroatoms. The lowest BCUT2D eigenvalue weighted by Gasteiger charge is -2.23. The summed E-state index contributed by atoms with van der Waals surface area (Å²) >= 11 is 0. The van der Waals surface area contributed by atoms with Crippen molar-refractivity contribution in [2.75, 3.05) is 4.90 Å². The Bertz CT molecular complexity index is 2180. The van der Waals surface area contributed by atoms with Crippen molar-refractivity contribution in [3.63, 3.8) is 0 Å². The zero-order chi connectivity index (χ0) is 33.0. The zero-order valence-corrected chi connectivity index (χ0v) is 26.0. The Morgan fingerprint density at radius 3 is 2.36 bits per heavy atom. The quantitative estimate of drug-likeness (QED) is 0.151. The van der Waals surface area contributed by atoms with E-state index in [1.54, 1.807) is 92.0 Å². The molecule has 1 aliphatic heterocycles. The van der Waals surface area contributed by atoms with Crippen LogP contribution in [0.4, 0.5) is 10.2 Å². The molecule has 2 amide bonds. The van der Waals surface area contributed by atoms with Gasteiger partial charge in [-0.1, -0.05) is 12.1 Å². The van der Waals surface area contributed by atoms with Gasteiger partial charge in [0, 0.05) is 28.7 Å². The van der Waals surface area contributed by atoms with E-state index in [0.29, 0.717) is 27.7 Å². The zero-order valence-electron chi connectivity index (χ0n) is 26.0. The molecule has 6 aromatic rings. The minimum absolute atomic E-state index is 0.0150. The summed E-state index contributed by atoms with van der Waals surface area (Å²) in [6, 6.07) is 17.7. The standard InChI is InChI=1S/C35H29FN6O5/c1-20(26-17-28-22(15-29(26)40-13-7-12-37-40)18-38-41(28)19-31(43)47-35(2,3)4)46-30-16-21-14-23(36)10-11-27(21)39-32(30)42-33(44)24-8-5-6-9-25(24)34(42)45/h5-18,20H,19H2,1-4H3. The number of fused-ring (bicyclic) bond motifs is 3. The van der Waals surface area contributed by atoms with Crippen molar-refractivity contribution in [2.24, 2.45) is 0 Å². The molecule has 47 heavy (non-hydrogen) atoms. The van der Waals surface area contributed by atoms with Crippen LogP contribution in [0.15, 0.2) is 85.3 Å². The molecule has 0 spiro atoms. The Labute approximate surface area is 268 Å². The number of halogens is 1. The van der Waals surface area contributed by atoms with Gasteiger partial charge in [0.15, 0.2) is 11.6 Å². The van der Waals surface area contributed by atoms with Crippen molar-refractivity contribution in [3.8, 4) is 11.4 Å². The number of aromatic nitrogens is 5. The maximum absolute atomic E-state index is 14.3. The maximum atomic E-state index is 14.3. The van der Waals surface area contributed by atoms with Crippen LogP contribution in [0.3, 0.4) is 0 Å². The lowest BCUT2D eigenvalue weighted by atomic mass is 10.1. The maximum Gasteiger partial charge on any atom is 0.328 e. The first-order chi connectivity index (χ1) is 22.5. The highest BCUT2D eigenvalue weighted by atomic mass is 19.1. The predicted octanol–water partition coefficient (Wildman–Crippen LogP) is 6.19. The molecular weight excluding hydrogens is 603 g/mol. The van der Waals surface area contributed by atoms with E-state index in [0.717, 1.165) is 10.3 Å². The smallest absolute Gasteiger partial charge is 0.328 e. The van der Waals surface area contributed by atoms with Gasteiger partial charge in [0.2, 0.25) is 0 Å². The normalized spacial score (nSPS) is 13.8. The summed E-state index contributed by atoms with van der Waals surface area (Å²) in [5.41, 5.74) is 2.20. The molecule has 0 fully saturated rings. The number of nitrogens with zero attached hydrogens (tertiary/aromatic N) is 6. The molecule has 11 nitrogen and oxygen atoms in total. The number of anilines is 1. The number of rotatable bonds is 7. The van der Waals surface area contributed by atoms with E-state index in [-0.39, 0.29) is 29.2 Å². The summed E-state index contributed by atoms with van der Waals surface area (Å²) in [7, 11) is 0. The second kappa shape index (κ2) is 11.2. The average molecular weight is 633 g/mol. The first-order valence-corrected chi connectivity index (χ1v) is 14.9. The summed E-state index contributed by atoms with van der Waals surface area (Å²) in [5, 5.41) is 10.0. The Morgan fingerprint density at radius 1 is 0.936 bits per heavy atom. The number of hydrogen-bond acceptors (Lipinski definition) is 8. The second-order valence-corrected chi connectivity index (χ2v) is 12.2. The number of amides is 2. The Kier molecular flexibility index (Phi) is 7.07. The van der Waals surface area contributed by atoms with Gasteiger partial charge < -0.3 is 9.47 Å². The lowest BCUT2D eigenvalue weighted by molar-refractivity contribution is -0.155. The van der Waals surface area contributed by atoms with Crippen LogP contribution in [0.1, 0.15) is 60.1 Å². The van der Waals surface area contributed by atoms with Gasteiger partial charge in [0.25, 0.3) is 11.8 Å². The number of imide groups is 1. The average Bonchev–Trinajstić information content (AvgIpc) is 3.75. The van der Waals surface area contributed by atoms with Crippen LogP contribution in [0, 0.1) is 5.82 Å². The van der Waals surface area contributed by atoms with E-state index in [2.05, 4.69) is 15.2 Å². The molecule has 4 heterocycles. The second-order valence-electron chi connectivity index (χ2n) is 12.2. The van der Waals surface area contributed by atoms with E-state index in [4.69, 9.17) is 9.47 Å². The lowest BCUT2D eigenvalue weighted by Crippen LogP contribution is -2.31. The predicted molar refractivity (Wildman–Crippen MR) is 171 cm³/mol. The van der Waals surface area contributed by atoms with E-state index in [1.165, 1.54) is 18.2 Å². The summed E-state index contributed by atoms with van der Waals surface area (Å²) in [6.45, 7) is 7.08. The van der Waals surface area contributed by atoms with Crippen molar-refractivity contribution in [3.05, 3.63) is 108 Å². The fourth-order valence-electron chi connectivity index (χ4n) is 5.69. The summed E-state index contributed by atoms with van der Waals surface area (Å²) in [5.74, 6) is -1.91. The van der Waals surface area contributed by atoms with Gasteiger partial charge in [-0.25, -0.2) is 19.0 Å². The molecule has 0 saturated heterocycles. The highest BCUT2D eigenvalue weighted by Crippen LogP contribution is 2.39. The van der Waals surface area contributed by atoms with E-state index < -0.39 is 35.3 Å². The van der Waals surface area contributed by atoms with Crippen LogP contribution in [0.5, 0.6) is 5.75 Å². The van der Waals surface area contributed by atoms with Gasteiger partial charge in [0.05, 0.1) is 34.0 Å². The van der Waals surface area contributed by atoms with Crippen LogP contribution in [0.2, 0.25) is 0 Å². The Balaban J connectivity index is 1.33. The van der Waals surface area contributed by atoms with Gasteiger partial charge >= 0.3 is 5.97 Å². The number of ether oxygens (including phenoxy) is 2. The van der Waals surface area contributed by atoms with Crippen molar-refractivity contribution in [1.29, 1.82) is 0 Å². The SMILES string of the molecule is CC(Oc1cc2cc(F)ccc2nc1N1C(=O)c2ccccc2C1=O)c1cc2c(cnn2CC(=O)OC(C)(C)C)cc1-n1cccn1. The number of pyridine rings is 1. The van der Waals surface area contributed by atoms with Crippen LogP contribution in [-0.2, 0) is 16.1 Å². The molecule has 1 unspecified atom stereocenters. The molecule has 0 N–H and O–H groups in total. The number of hydrogen-bond donors (Lipinski definition) is 0. The molecule has 0 bridgehead atoms. The highest BCUT2D eigenvalue weighted by molar-refractivity contribution is 6.34. The van der Waals surface area contributed by atoms with Gasteiger partial charge in [-0.05, 0) is 82.3 Å². The number of carbonyl (C=O) groups excluding carboxylic acids is 3. The van der Waals surface area contributed by atoms with Crippen LogP contribution < -0.4 is 9.64 Å². The van der Waals surface area contributed by atoms with E-state index in [1.807, 2.05) is 12.1 Å². The molecule has 236 valence electrons. The molecule has 3 aromatic carbocycles. The fraction of sp³-hybridized carbons (Fsp3) is 0.200. The third-order valence-corrected chi connectivity index (χ3v) is 7.71. The molecule has 3 aromatic heterocycles. The van der Waals surface area contributed by atoms with Crippen molar-refractivity contribution < 1.29 is 28.2 Å². The summed E-state index contributed by atoms with van der Waals surface area (Å²) in [4.78, 5) is 45.4. The number of benzene rings is 3. The molecule has 0 aliphatic carbocycles. The van der Waals surface area contributed by atoms with Crippen LogP contribution in [0.25, 0.3) is 27.5 Å². The van der Waals surface area contributed by atoms with Gasteiger partial charge in [-0.2, -0.15) is 10.2 Å². The van der Waals surface area contributed by atoms with Gasteiger partial charge in [0.1, 0.15) is 24.1 Å². The third-order valence-electron chi connectivity index (χ3n) is 7.71. The summed E-state index contributed by atoms with van der Waals surface area (Å²) < 4.78 is 29.6. The molecule has 0 saturated carbocycles. The van der Waals surface area contributed by atoms with E-state index >= 15 is 0 Å². The molecule has 1 aliphatic rings. The minimum Gasteiger partial charge on any atom is -0.482 e. The van der Waals surface area contributed by atoms with E-state index in [9.17, 15) is 18.8 Å². The molecule has 7 rings (SSSR count). The van der Waals surface area contributed by atoms with Gasteiger partial charge in [-0.3, -0.25) is 19.1 Å². The first kappa shape index (κ1) is 29.8. The van der Waals surface area contributed by atoms with Crippen LogP contribution in [-0.4, -0.2) is 47.9 Å². The number of carbonyl (C=O) groups is 3. The van der Waals surface area contributed by atoms with Crippen LogP contribution >= 0.6 is 0 Å². The number of esters is 1. The topological polar surface area (TPSA) is 121 Å².